The van der Waals surface area contributed by atoms with E-state index in [2.05, 4.69) is 27.7 Å². The average Bonchev–Trinajstić information content (AvgIpc) is 3.28. The highest BCUT2D eigenvalue weighted by Gasteiger charge is 2.19. The molecule has 0 aromatic rings. The largest absolute Gasteiger partial charge is 0.462 e. The van der Waals surface area contributed by atoms with Gasteiger partial charge in [0.2, 0.25) is 0 Å². The number of unbranched alkanes of at least 4 members (excludes halogenated alkanes) is 40. The molecule has 0 aliphatic heterocycles. The van der Waals surface area contributed by atoms with Crippen LogP contribution in [0.1, 0.15) is 329 Å². The lowest BCUT2D eigenvalue weighted by atomic mass is 10.0. The van der Waals surface area contributed by atoms with Crippen molar-refractivity contribution in [3.05, 3.63) is 0 Å². The van der Waals surface area contributed by atoms with Gasteiger partial charge < -0.3 is 14.2 Å². The van der Waals surface area contributed by atoms with Gasteiger partial charge in [0.15, 0.2) is 6.10 Å². The van der Waals surface area contributed by atoms with Crippen LogP contribution in [0.25, 0.3) is 0 Å². The van der Waals surface area contributed by atoms with Gasteiger partial charge in [-0.1, -0.05) is 291 Å². The van der Waals surface area contributed by atoms with Crippen LogP contribution in [-0.2, 0) is 28.6 Å². The predicted octanol–water partition coefficient (Wildman–Crippen LogP) is 19.0. The van der Waals surface area contributed by atoms with Crippen molar-refractivity contribution in [1.29, 1.82) is 0 Å². The number of rotatable bonds is 53. The van der Waals surface area contributed by atoms with Crippen LogP contribution in [0, 0.1) is 5.92 Å². The number of esters is 3. The second-order valence-electron chi connectivity index (χ2n) is 20.4. The molecule has 0 radical (unpaired) electrons. The number of hydrogen-bond acceptors (Lipinski definition) is 6. The maximum atomic E-state index is 12.8. The van der Waals surface area contributed by atoms with Crippen molar-refractivity contribution in [2.24, 2.45) is 5.92 Å². The van der Waals surface area contributed by atoms with Gasteiger partial charge in [0, 0.05) is 19.3 Å². The van der Waals surface area contributed by atoms with Gasteiger partial charge in [-0.15, -0.1) is 0 Å². The van der Waals surface area contributed by atoms with E-state index in [1.807, 2.05) is 0 Å². The van der Waals surface area contributed by atoms with Crippen LogP contribution in [0.2, 0.25) is 0 Å². The molecule has 0 amide bonds. The monoisotopic (exact) mass is 905 g/mol. The Morgan fingerprint density at radius 1 is 0.297 bits per heavy atom. The Labute approximate surface area is 399 Å². The Morgan fingerprint density at radius 3 is 0.766 bits per heavy atom. The van der Waals surface area contributed by atoms with Gasteiger partial charge >= 0.3 is 17.9 Å². The number of carbonyl (C=O) groups is 3. The summed E-state index contributed by atoms with van der Waals surface area (Å²) in [5.41, 5.74) is 0. The smallest absolute Gasteiger partial charge is 0.306 e. The number of carbonyl (C=O) groups excluding carboxylic acids is 3. The van der Waals surface area contributed by atoms with Crippen LogP contribution in [0.5, 0.6) is 0 Å². The topological polar surface area (TPSA) is 78.9 Å². The minimum Gasteiger partial charge on any atom is -0.462 e. The molecule has 0 aliphatic carbocycles. The molecule has 0 saturated heterocycles. The Kier molecular flexibility index (Phi) is 51.1. The van der Waals surface area contributed by atoms with Crippen LogP contribution in [0.3, 0.4) is 0 Å². The SMILES string of the molecule is CCCCCCCCCCCCCCCCCCCC(=O)O[C@@H](COC(=O)CCCCCCCCCCCCCCCC)COC(=O)CCCCCCCCCCCCCCC(C)C. The maximum absolute atomic E-state index is 12.8. The molecule has 0 saturated carbocycles. The molecule has 64 heavy (non-hydrogen) atoms. The first-order valence-electron chi connectivity index (χ1n) is 28.9. The molecular weight excluding hydrogens is 793 g/mol. The molecule has 380 valence electrons. The molecule has 0 heterocycles. The number of hydrogen-bond donors (Lipinski definition) is 0. The normalized spacial score (nSPS) is 12.0. The highest BCUT2D eigenvalue weighted by molar-refractivity contribution is 5.71. The van der Waals surface area contributed by atoms with Crippen molar-refractivity contribution < 1.29 is 28.6 Å². The highest BCUT2D eigenvalue weighted by Crippen LogP contribution is 2.18. The highest BCUT2D eigenvalue weighted by atomic mass is 16.6. The van der Waals surface area contributed by atoms with Gasteiger partial charge in [-0.2, -0.15) is 0 Å². The third-order valence-corrected chi connectivity index (χ3v) is 13.3. The van der Waals surface area contributed by atoms with Crippen molar-refractivity contribution in [1.82, 2.24) is 0 Å². The molecule has 0 unspecified atom stereocenters. The minimum absolute atomic E-state index is 0.0619. The van der Waals surface area contributed by atoms with Crippen molar-refractivity contribution in [2.45, 2.75) is 336 Å². The summed E-state index contributed by atoms with van der Waals surface area (Å²) >= 11 is 0. The summed E-state index contributed by atoms with van der Waals surface area (Å²) in [5, 5.41) is 0. The van der Waals surface area contributed by atoms with Crippen molar-refractivity contribution >= 4 is 17.9 Å². The minimum atomic E-state index is -0.762. The summed E-state index contributed by atoms with van der Waals surface area (Å²) in [6, 6.07) is 0. The van der Waals surface area contributed by atoms with E-state index in [1.54, 1.807) is 0 Å². The summed E-state index contributed by atoms with van der Waals surface area (Å²) in [6.07, 6.45) is 56.6. The summed E-state index contributed by atoms with van der Waals surface area (Å²) in [4.78, 5) is 38.1. The summed E-state index contributed by atoms with van der Waals surface area (Å²) < 4.78 is 16.9. The first-order chi connectivity index (χ1) is 31.4. The van der Waals surface area contributed by atoms with Gasteiger partial charge in [-0.3, -0.25) is 14.4 Å². The average molecular weight is 906 g/mol. The van der Waals surface area contributed by atoms with Crippen molar-refractivity contribution in [3.8, 4) is 0 Å². The van der Waals surface area contributed by atoms with E-state index in [0.717, 1.165) is 63.7 Å². The fourth-order valence-electron chi connectivity index (χ4n) is 8.92. The molecule has 6 nitrogen and oxygen atoms in total. The predicted molar refractivity (Wildman–Crippen MR) is 275 cm³/mol. The molecule has 6 heteroatoms. The standard InChI is InChI=1S/C58H112O6/c1-5-7-9-11-13-15-17-19-21-22-23-25-31-35-39-43-47-51-58(61)64-55(52-62-56(59)49-45-41-37-33-29-24-20-18-16-14-12-10-8-6-2)53-63-57(60)50-46-42-38-34-30-27-26-28-32-36-40-44-48-54(3)4/h54-55H,5-53H2,1-4H3/t55-/m0/s1. The molecule has 0 N–H and O–H groups in total. The first-order valence-corrected chi connectivity index (χ1v) is 28.9. The molecular formula is C58H112O6. The fraction of sp³-hybridized carbons (Fsp3) is 0.948. The zero-order valence-corrected chi connectivity index (χ0v) is 43.8. The molecule has 0 aliphatic rings. The van der Waals surface area contributed by atoms with E-state index in [1.165, 1.54) is 225 Å². The Hall–Kier alpha value is -1.59. The summed E-state index contributed by atoms with van der Waals surface area (Å²) in [6.45, 7) is 9.06. The zero-order chi connectivity index (χ0) is 46.7. The first kappa shape index (κ1) is 62.4. The van der Waals surface area contributed by atoms with Gasteiger partial charge in [0.1, 0.15) is 13.2 Å². The van der Waals surface area contributed by atoms with Crippen LogP contribution in [0.4, 0.5) is 0 Å². The van der Waals surface area contributed by atoms with E-state index < -0.39 is 6.10 Å². The molecule has 0 rings (SSSR count). The van der Waals surface area contributed by atoms with Gasteiger partial charge in [0.05, 0.1) is 0 Å². The van der Waals surface area contributed by atoms with Crippen LogP contribution >= 0.6 is 0 Å². The maximum Gasteiger partial charge on any atom is 0.306 e. The third-order valence-electron chi connectivity index (χ3n) is 13.3. The van der Waals surface area contributed by atoms with Crippen LogP contribution < -0.4 is 0 Å². The Morgan fingerprint density at radius 2 is 0.516 bits per heavy atom. The van der Waals surface area contributed by atoms with Crippen LogP contribution in [-0.4, -0.2) is 37.2 Å². The van der Waals surface area contributed by atoms with E-state index in [4.69, 9.17) is 14.2 Å². The second-order valence-corrected chi connectivity index (χ2v) is 20.4. The zero-order valence-electron chi connectivity index (χ0n) is 43.8. The van der Waals surface area contributed by atoms with E-state index >= 15 is 0 Å². The fourth-order valence-corrected chi connectivity index (χ4v) is 8.92. The molecule has 0 spiro atoms. The summed E-state index contributed by atoms with van der Waals surface area (Å²) in [7, 11) is 0. The molecule has 0 aromatic heterocycles. The molecule has 1 atom stereocenters. The third kappa shape index (κ3) is 51.4. The van der Waals surface area contributed by atoms with Gasteiger partial charge in [-0.25, -0.2) is 0 Å². The van der Waals surface area contributed by atoms with E-state index in [0.29, 0.717) is 19.3 Å². The summed E-state index contributed by atoms with van der Waals surface area (Å²) in [5.74, 6) is -0.00135. The lowest BCUT2D eigenvalue weighted by molar-refractivity contribution is -0.167. The lowest BCUT2D eigenvalue weighted by Gasteiger charge is -2.18. The van der Waals surface area contributed by atoms with E-state index in [-0.39, 0.29) is 31.1 Å². The van der Waals surface area contributed by atoms with Crippen LogP contribution in [0.15, 0.2) is 0 Å². The molecule has 0 fully saturated rings. The number of ether oxygens (including phenoxy) is 3. The van der Waals surface area contributed by atoms with E-state index in [9.17, 15) is 14.4 Å². The quantitative estimate of drug-likeness (QED) is 0.0344. The van der Waals surface area contributed by atoms with Crippen molar-refractivity contribution in [2.75, 3.05) is 13.2 Å². The van der Waals surface area contributed by atoms with Gasteiger partial charge in [0.25, 0.3) is 0 Å². The van der Waals surface area contributed by atoms with Gasteiger partial charge in [-0.05, 0) is 25.2 Å². The Balaban J connectivity index is 4.30. The molecule has 0 aromatic carbocycles. The molecule has 0 bridgehead atoms. The van der Waals surface area contributed by atoms with Crippen molar-refractivity contribution in [3.63, 3.8) is 0 Å². The second kappa shape index (κ2) is 52.4. The Bertz CT molecular complexity index is 964. The lowest BCUT2D eigenvalue weighted by Crippen LogP contribution is -2.30.